The van der Waals surface area contributed by atoms with E-state index in [2.05, 4.69) is 10.1 Å². The maximum absolute atomic E-state index is 11.6. The minimum Gasteiger partial charge on any atom is -0.465 e. The molecule has 0 fully saturated rings. The van der Waals surface area contributed by atoms with Crippen LogP contribution in [0.3, 0.4) is 0 Å². The van der Waals surface area contributed by atoms with Crippen LogP contribution in [-0.4, -0.2) is 25.5 Å². The van der Waals surface area contributed by atoms with Crippen molar-refractivity contribution in [3.63, 3.8) is 0 Å². The summed E-state index contributed by atoms with van der Waals surface area (Å²) in [6.45, 7) is 2.58. The summed E-state index contributed by atoms with van der Waals surface area (Å²) in [5, 5.41) is 2.73. The standard InChI is InChI=1S/C12H16N2O3/c1-3-6-14-11(15)8-4-5-9(10(13)7-8)12(16)17-2/h4-5,7H,3,6,13H2,1-2H3,(H,14,15). The van der Waals surface area contributed by atoms with Gasteiger partial charge in [0.1, 0.15) is 0 Å². The van der Waals surface area contributed by atoms with Gasteiger partial charge in [-0.25, -0.2) is 4.79 Å². The lowest BCUT2D eigenvalue weighted by Crippen LogP contribution is -2.24. The van der Waals surface area contributed by atoms with E-state index < -0.39 is 5.97 Å². The number of carbonyl (C=O) groups is 2. The number of ether oxygens (including phenoxy) is 1. The topological polar surface area (TPSA) is 81.4 Å². The first-order valence-corrected chi connectivity index (χ1v) is 5.36. The first-order valence-electron chi connectivity index (χ1n) is 5.36. The van der Waals surface area contributed by atoms with Crippen LogP contribution in [0.4, 0.5) is 5.69 Å². The Morgan fingerprint density at radius 1 is 1.41 bits per heavy atom. The van der Waals surface area contributed by atoms with Crippen molar-refractivity contribution >= 4 is 17.6 Å². The van der Waals surface area contributed by atoms with Crippen LogP contribution >= 0.6 is 0 Å². The average Bonchev–Trinajstić information content (AvgIpc) is 2.34. The van der Waals surface area contributed by atoms with Gasteiger partial charge in [-0.3, -0.25) is 4.79 Å². The Morgan fingerprint density at radius 2 is 2.12 bits per heavy atom. The van der Waals surface area contributed by atoms with E-state index in [1.807, 2.05) is 6.92 Å². The van der Waals surface area contributed by atoms with Crippen molar-refractivity contribution in [3.05, 3.63) is 29.3 Å². The predicted octanol–water partition coefficient (Wildman–Crippen LogP) is 1.20. The summed E-state index contributed by atoms with van der Waals surface area (Å²) in [7, 11) is 1.28. The largest absolute Gasteiger partial charge is 0.465 e. The van der Waals surface area contributed by atoms with Crippen molar-refractivity contribution in [2.45, 2.75) is 13.3 Å². The van der Waals surface area contributed by atoms with Crippen molar-refractivity contribution in [2.75, 3.05) is 19.4 Å². The molecule has 0 aliphatic carbocycles. The first kappa shape index (κ1) is 13.0. The first-order chi connectivity index (χ1) is 8.10. The van der Waals surface area contributed by atoms with Crippen LogP contribution < -0.4 is 11.1 Å². The second kappa shape index (κ2) is 5.89. The van der Waals surface area contributed by atoms with Crippen LogP contribution in [0.25, 0.3) is 0 Å². The molecule has 1 amide bonds. The number of nitrogens with one attached hydrogen (secondary N) is 1. The SMILES string of the molecule is CCCNC(=O)c1ccc(C(=O)OC)c(N)c1. The zero-order valence-electron chi connectivity index (χ0n) is 9.95. The number of carbonyl (C=O) groups excluding carboxylic acids is 2. The molecule has 0 unspecified atom stereocenters. The average molecular weight is 236 g/mol. The second-order valence-corrected chi connectivity index (χ2v) is 3.55. The molecule has 3 N–H and O–H groups in total. The van der Waals surface area contributed by atoms with Crippen LogP contribution in [0, 0.1) is 0 Å². The minimum absolute atomic E-state index is 0.199. The van der Waals surface area contributed by atoms with Crippen molar-refractivity contribution in [2.24, 2.45) is 0 Å². The highest BCUT2D eigenvalue weighted by molar-refractivity contribution is 5.99. The van der Waals surface area contributed by atoms with Gasteiger partial charge >= 0.3 is 5.97 Å². The second-order valence-electron chi connectivity index (χ2n) is 3.55. The maximum atomic E-state index is 11.6. The summed E-state index contributed by atoms with van der Waals surface area (Å²) < 4.78 is 4.56. The van der Waals surface area contributed by atoms with E-state index in [4.69, 9.17) is 5.73 Å². The van der Waals surface area contributed by atoms with Crippen molar-refractivity contribution in [1.29, 1.82) is 0 Å². The van der Waals surface area contributed by atoms with E-state index in [-0.39, 0.29) is 17.2 Å². The molecule has 1 aromatic rings. The van der Waals surface area contributed by atoms with Crippen LogP contribution in [0.2, 0.25) is 0 Å². The molecule has 0 spiro atoms. The van der Waals surface area contributed by atoms with Gasteiger partial charge in [-0.05, 0) is 24.6 Å². The summed E-state index contributed by atoms with van der Waals surface area (Å²) in [5.41, 5.74) is 6.62. The fraction of sp³-hybridized carbons (Fsp3) is 0.333. The van der Waals surface area contributed by atoms with E-state index in [0.717, 1.165) is 6.42 Å². The van der Waals surface area contributed by atoms with Crippen LogP contribution in [0.5, 0.6) is 0 Å². The van der Waals surface area contributed by atoms with Crippen LogP contribution in [0.1, 0.15) is 34.1 Å². The number of hydrogen-bond acceptors (Lipinski definition) is 4. The zero-order chi connectivity index (χ0) is 12.8. The Hall–Kier alpha value is -2.04. The van der Waals surface area contributed by atoms with Crippen molar-refractivity contribution < 1.29 is 14.3 Å². The molecule has 0 saturated heterocycles. The number of esters is 1. The molecular formula is C12H16N2O3. The lowest BCUT2D eigenvalue weighted by Gasteiger charge is -2.07. The lowest BCUT2D eigenvalue weighted by atomic mass is 10.1. The number of rotatable bonds is 4. The number of benzene rings is 1. The highest BCUT2D eigenvalue weighted by Gasteiger charge is 2.12. The normalized spacial score (nSPS) is 9.76. The summed E-state index contributed by atoms with van der Waals surface area (Å²) in [5.74, 6) is -0.710. The van der Waals surface area contributed by atoms with Gasteiger partial charge in [0.05, 0.1) is 12.7 Å². The lowest BCUT2D eigenvalue weighted by molar-refractivity contribution is 0.0601. The third-order valence-corrected chi connectivity index (χ3v) is 2.25. The van der Waals surface area contributed by atoms with E-state index in [0.29, 0.717) is 12.1 Å². The Bertz CT molecular complexity index is 430. The van der Waals surface area contributed by atoms with Crippen molar-refractivity contribution in [1.82, 2.24) is 5.32 Å². The number of nitrogen functional groups attached to an aromatic ring is 1. The number of amides is 1. The Labute approximate surface area is 99.9 Å². The summed E-state index contributed by atoms with van der Waals surface area (Å²) >= 11 is 0. The quantitative estimate of drug-likeness (QED) is 0.608. The molecule has 0 aliphatic rings. The van der Waals surface area contributed by atoms with Crippen molar-refractivity contribution in [3.8, 4) is 0 Å². The third-order valence-electron chi connectivity index (χ3n) is 2.25. The molecular weight excluding hydrogens is 220 g/mol. The Kier molecular flexibility index (Phi) is 4.51. The van der Waals surface area contributed by atoms with Gasteiger partial charge in [0, 0.05) is 17.8 Å². The molecule has 1 aromatic carbocycles. The molecule has 0 heterocycles. The van der Waals surface area contributed by atoms with E-state index >= 15 is 0 Å². The van der Waals surface area contributed by atoms with Crippen LogP contribution in [-0.2, 0) is 4.74 Å². The molecule has 1 rings (SSSR count). The number of hydrogen-bond donors (Lipinski definition) is 2. The van der Waals surface area contributed by atoms with E-state index in [9.17, 15) is 9.59 Å². The predicted molar refractivity (Wildman–Crippen MR) is 64.8 cm³/mol. The molecule has 0 aromatic heterocycles. The van der Waals surface area contributed by atoms with Gasteiger partial charge < -0.3 is 15.8 Å². The van der Waals surface area contributed by atoms with E-state index in [1.165, 1.54) is 19.2 Å². The van der Waals surface area contributed by atoms with Gasteiger partial charge in [-0.15, -0.1) is 0 Å². The third kappa shape index (κ3) is 3.21. The maximum Gasteiger partial charge on any atom is 0.339 e. The smallest absolute Gasteiger partial charge is 0.339 e. The van der Waals surface area contributed by atoms with Gasteiger partial charge in [-0.2, -0.15) is 0 Å². The van der Waals surface area contributed by atoms with Gasteiger partial charge in [0.25, 0.3) is 5.91 Å². The molecule has 17 heavy (non-hydrogen) atoms. The van der Waals surface area contributed by atoms with Crippen LogP contribution in [0.15, 0.2) is 18.2 Å². The monoisotopic (exact) mass is 236 g/mol. The van der Waals surface area contributed by atoms with Gasteiger partial charge in [0.2, 0.25) is 0 Å². The Morgan fingerprint density at radius 3 is 2.65 bits per heavy atom. The molecule has 0 atom stereocenters. The molecule has 5 heteroatoms. The fourth-order valence-corrected chi connectivity index (χ4v) is 1.34. The molecule has 92 valence electrons. The van der Waals surface area contributed by atoms with Gasteiger partial charge in [-0.1, -0.05) is 6.92 Å². The molecule has 0 bridgehead atoms. The molecule has 0 radical (unpaired) electrons. The highest BCUT2D eigenvalue weighted by Crippen LogP contribution is 2.15. The number of anilines is 1. The minimum atomic E-state index is -0.511. The zero-order valence-corrected chi connectivity index (χ0v) is 9.95. The number of methoxy groups -OCH3 is 1. The molecule has 0 saturated carbocycles. The molecule has 5 nitrogen and oxygen atoms in total. The summed E-state index contributed by atoms with van der Waals surface area (Å²) in [6, 6.07) is 4.51. The van der Waals surface area contributed by atoms with E-state index in [1.54, 1.807) is 6.07 Å². The number of nitrogens with two attached hydrogens (primary N) is 1. The fourth-order valence-electron chi connectivity index (χ4n) is 1.34. The highest BCUT2D eigenvalue weighted by atomic mass is 16.5. The van der Waals surface area contributed by atoms with Gasteiger partial charge in [0.15, 0.2) is 0 Å². The molecule has 0 aliphatic heterocycles. The Balaban J connectivity index is 2.88. The summed E-state index contributed by atoms with van der Waals surface area (Å²) in [6.07, 6.45) is 0.863. The summed E-state index contributed by atoms with van der Waals surface area (Å²) in [4.78, 5) is 22.9.